The van der Waals surface area contributed by atoms with Crippen molar-refractivity contribution in [2.75, 3.05) is 13.7 Å². The van der Waals surface area contributed by atoms with E-state index in [2.05, 4.69) is 5.32 Å². The van der Waals surface area contributed by atoms with Crippen LogP contribution in [-0.4, -0.2) is 25.7 Å². The van der Waals surface area contributed by atoms with Gasteiger partial charge >= 0.3 is 5.97 Å². The lowest BCUT2D eigenvalue weighted by Crippen LogP contribution is -2.49. The van der Waals surface area contributed by atoms with Gasteiger partial charge < -0.3 is 10.1 Å². The number of piperidine rings is 1. The lowest BCUT2D eigenvalue weighted by atomic mass is 9.73. The lowest BCUT2D eigenvalue weighted by molar-refractivity contribution is -0.149. The first-order chi connectivity index (χ1) is 6.83. The number of hydrogen-bond donors (Lipinski definition) is 1. The second-order valence-electron chi connectivity index (χ2n) is 4.43. The Bertz CT molecular complexity index is 215. The summed E-state index contributed by atoms with van der Waals surface area (Å²) in [6.07, 6.45) is 5.96. The molecule has 80 valence electrons. The second-order valence-corrected chi connectivity index (χ2v) is 4.43. The average Bonchev–Trinajstić information content (AvgIpc) is 2.27. The molecule has 2 fully saturated rings. The van der Waals surface area contributed by atoms with Gasteiger partial charge in [-0.05, 0) is 31.7 Å². The van der Waals surface area contributed by atoms with Crippen LogP contribution in [0.2, 0.25) is 0 Å². The van der Waals surface area contributed by atoms with Crippen molar-refractivity contribution in [3.63, 3.8) is 0 Å². The summed E-state index contributed by atoms with van der Waals surface area (Å²) in [6, 6.07) is 0.571. The molecule has 0 amide bonds. The summed E-state index contributed by atoms with van der Waals surface area (Å²) < 4.78 is 4.87. The van der Waals surface area contributed by atoms with Crippen LogP contribution in [0.5, 0.6) is 0 Å². The van der Waals surface area contributed by atoms with Gasteiger partial charge in [0.1, 0.15) is 0 Å². The van der Waals surface area contributed by atoms with Crippen LogP contribution in [0, 0.1) is 11.8 Å². The van der Waals surface area contributed by atoms with Gasteiger partial charge in [-0.2, -0.15) is 0 Å². The van der Waals surface area contributed by atoms with Crippen molar-refractivity contribution in [3.8, 4) is 0 Å². The largest absolute Gasteiger partial charge is 0.469 e. The number of fused-ring (bicyclic) bond motifs is 1. The molecule has 0 aromatic heterocycles. The molecule has 3 heteroatoms. The maximum atomic E-state index is 11.6. The second kappa shape index (κ2) is 4.30. The van der Waals surface area contributed by atoms with E-state index >= 15 is 0 Å². The summed E-state index contributed by atoms with van der Waals surface area (Å²) in [5.41, 5.74) is 0. The summed E-state index contributed by atoms with van der Waals surface area (Å²) >= 11 is 0. The van der Waals surface area contributed by atoms with Crippen molar-refractivity contribution in [1.82, 2.24) is 5.32 Å². The molecule has 0 aromatic rings. The standard InChI is InChI=1S/C11H19NO2/c1-14-11(13)9-6-7-12-10-5-3-2-4-8(9)10/h8-10,12H,2-7H2,1H3/t8-,9+,10+/m1/s1. The molecule has 0 radical (unpaired) electrons. The van der Waals surface area contributed by atoms with Crippen LogP contribution in [-0.2, 0) is 9.53 Å². The number of ether oxygens (including phenoxy) is 1. The zero-order chi connectivity index (χ0) is 9.97. The Balaban J connectivity index is 2.04. The maximum absolute atomic E-state index is 11.6. The summed E-state index contributed by atoms with van der Waals surface area (Å²) in [5.74, 6) is 0.694. The van der Waals surface area contributed by atoms with Gasteiger partial charge in [0.05, 0.1) is 13.0 Å². The molecule has 3 nitrogen and oxygen atoms in total. The molecule has 1 saturated carbocycles. The van der Waals surface area contributed by atoms with Crippen LogP contribution in [0.1, 0.15) is 32.1 Å². The van der Waals surface area contributed by atoms with E-state index in [9.17, 15) is 4.79 Å². The zero-order valence-electron chi connectivity index (χ0n) is 8.79. The van der Waals surface area contributed by atoms with Crippen LogP contribution in [0.3, 0.4) is 0 Å². The van der Waals surface area contributed by atoms with Crippen LogP contribution >= 0.6 is 0 Å². The lowest BCUT2D eigenvalue weighted by Gasteiger charge is -2.40. The maximum Gasteiger partial charge on any atom is 0.309 e. The fourth-order valence-electron chi connectivity index (χ4n) is 2.98. The van der Waals surface area contributed by atoms with E-state index < -0.39 is 0 Å². The highest BCUT2D eigenvalue weighted by Crippen LogP contribution is 2.35. The topological polar surface area (TPSA) is 38.3 Å². The first-order valence-corrected chi connectivity index (χ1v) is 5.64. The van der Waals surface area contributed by atoms with Gasteiger partial charge in [-0.15, -0.1) is 0 Å². The van der Waals surface area contributed by atoms with Crippen LogP contribution < -0.4 is 5.32 Å². The molecule has 0 aromatic carbocycles. The van der Waals surface area contributed by atoms with Crippen molar-refractivity contribution in [3.05, 3.63) is 0 Å². The molecule has 3 atom stereocenters. The molecule has 1 aliphatic carbocycles. The van der Waals surface area contributed by atoms with Gasteiger partial charge in [-0.3, -0.25) is 4.79 Å². The molecule has 1 N–H and O–H groups in total. The first kappa shape index (κ1) is 9.97. The highest BCUT2D eigenvalue weighted by atomic mass is 16.5. The fourth-order valence-corrected chi connectivity index (χ4v) is 2.98. The van der Waals surface area contributed by atoms with Crippen molar-refractivity contribution in [2.24, 2.45) is 11.8 Å². The predicted molar refractivity (Wildman–Crippen MR) is 53.9 cm³/mol. The summed E-state index contributed by atoms with van der Waals surface area (Å²) in [7, 11) is 1.50. The highest BCUT2D eigenvalue weighted by molar-refractivity contribution is 5.73. The Morgan fingerprint density at radius 3 is 2.86 bits per heavy atom. The van der Waals surface area contributed by atoms with Gasteiger partial charge in [-0.1, -0.05) is 12.8 Å². The van der Waals surface area contributed by atoms with E-state index in [0.29, 0.717) is 12.0 Å². The minimum atomic E-state index is 0.00315. The van der Waals surface area contributed by atoms with E-state index in [4.69, 9.17) is 4.74 Å². The molecular formula is C11H19NO2. The summed E-state index contributed by atoms with van der Waals surface area (Å²) in [4.78, 5) is 11.6. The third-order valence-electron chi connectivity index (χ3n) is 3.70. The number of nitrogens with one attached hydrogen (secondary N) is 1. The van der Waals surface area contributed by atoms with Crippen molar-refractivity contribution >= 4 is 5.97 Å². The van der Waals surface area contributed by atoms with E-state index in [1.165, 1.54) is 32.8 Å². The van der Waals surface area contributed by atoms with Gasteiger partial charge in [0.25, 0.3) is 0 Å². The van der Waals surface area contributed by atoms with E-state index in [-0.39, 0.29) is 11.9 Å². The van der Waals surface area contributed by atoms with Crippen LogP contribution in [0.25, 0.3) is 0 Å². The average molecular weight is 197 g/mol. The molecule has 1 saturated heterocycles. The molecule has 1 aliphatic heterocycles. The van der Waals surface area contributed by atoms with E-state index in [1.54, 1.807) is 0 Å². The van der Waals surface area contributed by atoms with Crippen LogP contribution in [0.4, 0.5) is 0 Å². The Kier molecular flexibility index (Phi) is 3.06. The van der Waals surface area contributed by atoms with Crippen molar-refractivity contribution in [1.29, 1.82) is 0 Å². The van der Waals surface area contributed by atoms with Gasteiger partial charge in [0.2, 0.25) is 0 Å². The molecule has 0 spiro atoms. The molecule has 2 rings (SSSR count). The molecule has 14 heavy (non-hydrogen) atoms. The summed E-state index contributed by atoms with van der Waals surface area (Å²) in [5, 5.41) is 3.52. The fraction of sp³-hybridized carbons (Fsp3) is 0.909. The molecule has 0 unspecified atom stereocenters. The molecule has 0 bridgehead atoms. The van der Waals surface area contributed by atoms with Gasteiger partial charge in [0, 0.05) is 6.04 Å². The number of carbonyl (C=O) groups is 1. The smallest absolute Gasteiger partial charge is 0.309 e. The van der Waals surface area contributed by atoms with Crippen LogP contribution in [0.15, 0.2) is 0 Å². The Hall–Kier alpha value is -0.570. The number of hydrogen-bond acceptors (Lipinski definition) is 3. The molecule has 2 aliphatic rings. The number of esters is 1. The number of carbonyl (C=O) groups excluding carboxylic acids is 1. The molecular weight excluding hydrogens is 178 g/mol. The SMILES string of the molecule is COC(=O)[C@H]1CCN[C@H]2CCCC[C@@H]21. The predicted octanol–water partition coefficient (Wildman–Crippen LogP) is 1.33. The van der Waals surface area contributed by atoms with Gasteiger partial charge in [0.15, 0.2) is 0 Å². The van der Waals surface area contributed by atoms with E-state index in [0.717, 1.165) is 13.0 Å². The normalized spacial score (nSPS) is 37.4. The van der Waals surface area contributed by atoms with Crippen molar-refractivity contribution < 1.29 is 9.53 Å². The molecule has 1 heterocycles. The third kappa shape index (κ3) is 1.78. The Morgan fingerprint density at radius 2 is 2.07 bits per heavy atom. The number of rotatable bonds is 1. The minimum Gasteiger partial charge on any atom is -0.469 e. The van der Waals surface area contributed by atoms with Gasteiger partial charge in [-0.25, -0.2) is 0 Å². The summed E-state index contributed by atoms with van der Waals surface area (Å²) in [6.45, 7) is 0.973. The zero-order valence-corrected chi connectivity index (χ0v) is 8.79. The van der Waals surface area contributed by atoms with E-state index in [1.807, 2.05) is 0 Å². The number of methoxy groups -OCH3 is 1. The Morgan fingerprint density at radius 1 is 1.29 bits per heavy atom. The Labute approximate surface area is 85.2 Å². The quantitative estimate of drug-likeness (QED) is 0.644. The van der Waals surface area contributed by atoms with Crippen molar-refractivity contribution in [2.45, 2.75) is 38.1 Å². The third-order valence-corrected chi connectivity index (χ3v) is 3.70. The minimum absolute atomic E-state index is 0.00315. The first-order valence-electron chi connectivity index (χ1n) is 5.64. The monoisotopic (exact) mass is 197 g/mol. The highest BCUT2D eigenvalue weighted by Gasteiger charge is 2.38.